The van der Waals surface area contributed by atoms with Gasteiger partial charge in [0.25, 0.3) is 0 Å². The summed E-state index contributed by atoms with van der Waals surface area (Å²) in [5.74, 6) is 0.431. The van der Waals surface area contributed by atoms with Gasteiger partial charge in [0.15, 0.2) is 0 Å². The second-order valence-corrected chi connectivity index (χ2v) is 10.9. The van der Waals surface area contributed by atoms with Crippen LogP contribution in [0, 0.1) is 0 Å². The van der Waals surface area contributed by atoms with Crippen molar-refractivity contribution in [1.29, 1.82) is 0 Å². The monoisotopic (exact) mass is 545 g/mol. The first kappa shape index (κ1) is 27.4. The topological polar surface area (TPSA) is 158 Å². The quantitative estimate of drug-likeness (QED) is 0.258. The van der Waals surface area contributed by atoms with Crippen molar-refractivity contribution in [2.45, 2.75) is 58.5 Å². The lowest BCUT2D eigenvalue weighted by Gasteiger charge is -2.19. The predicted molar refractivity (Wildman–Crippen MR) is 149 cm³/mol. The van der Waals surface area contributed by atoms with E-state index in [1.807, 2.05) is 45.9 Å². The molecule has 0 fully saturated rings. The number of rotatable bonds is 8. The highest BCUT2D eigenvalue weighted by molar-refractivity contribution is 5.89. The van der Waals surface area contributed by atoms with Gasteiger partial charge in [-0.3, -0.25) is 14.8 Å². The Morgan fingerprint density at radius 3 is 2.85 bits per heavy atom. The molecule has 0 saturated heterocycles. The van der Waals surface area contributed by atoms with Crippen molar-refractivity contribution in [3.05, 3.63) is 65.3 Å². The summed E-state index contributed by atoms with van der Waals surface area (Å²) in [6.45, 7) is 9.83. The zero-order chi connectivity index (χ0) is 28.3. The van der Waals surface area contributed by atoms with Crippen LogP contribution in [0.4, 0.5) is 11.6 Å². The number of aliphatic hydroxyl groups excluding tert-OH is 1. The van der Waals surface area contributed by atoms with Crippen molar-refractivity contribution in [3.8, 4) is 11.3 Å². The fourth-order valence-electron chi connectivity index (χ4n) is 4.75. The number of H-pyrrole nitrogens is 1. The van der Waals surface area contributed by atoms with Gasteiger partial charge in [0.2, 0.25) is 11.8 Å². The lowest BCUT2D eigenvalue weighted by Crippen LogP contribution is -2.31. The molecule has 0 spiro atoms. The Labute approximate surface area is 232 Å². The Bertz CT molecular complexity index is 1470. The molecule has 1 aliphatic rings. The van der Waals surface area contributed by atoms with E-state index in [0.717, 1.165) is 40.2 Å². The molecule has 1 aromatic carbocycles. The molecule has 0 unspecified atom stereocenters. The maximum Gasteiger partial charge on any atom is 0.309 e. The molecule has 0 saturated carbocycles. The van der Waals surface area contributed by atoms with Gasteiger partial charge in [0.1, 0.15) is 0 Å². The second kappa shape index (κ2) is 11.5. The maximum atomic E-state index is 13.1. The number of β-amino-alcohol motifs (C(OH)–C–C–N with tert-alkyl or cyclic N) is 1. The molecule has 4 aromatic rings. The summed E-state index contributed by atoms with van der Waals surface area (Å²) in [6, 6.07) is 7.74. The summed E-state index contributed by atoms with van der Waals surface area (Å²) in [4.78, 5) is 24.4. The zero-order valence-electron chi connectivity index (χ0n) is 23.2. The molecule has 0 aliphatic carbocycles. The predicted octanol–water partition coefficient (Wildman–Crippen LogP) is 3.52. The number of nitrogens with one attached hydrogen (secondary N) is 3. The minimum absolute atomic E-state index is 0.0515. The normalized spacial score (nSPS) is 15.9. The minimum atomic E-state index is -0.407. The number of carbonyl (C=O) groups is 1. The largest absolute Gasteiger partial charge is 0.416 e. The number of carbonyl (C=O) groups excluding carboxylic acids is 1. The summed E-state index contributed by atoms with van der Waals surface area (Å²) in [5.41, 5.74) is 5.14. The SMILES string of the molecule is CCc1n[nH]cc1Nc1nccc(-c2ccc3c(c2)CN(CCO)CC[C@H]3NC(=O)c2nnc(C(C)(C)C)o2)n1. The van der Waals surface area contributed by atoms with Gasteiger partial charge < -0.3 is 20.2 Å². The van der Waals surface area contributed by atoms with E-state index in [4.69, 9.17) is 9.40 Å². The number of benzene rings is 1. The number of hydrogen-bond donors (Lipinski definition) is 4. The third-order valence-corrected chi connectivity index (χ3v) is 6.88. The van der Waals surface area contributed by atoms with Crippen LogP contribution in [-0.2, 0) is 18.4 Å². The molecular formula is C28H35N9O3. The molecule has 3 aromatic heterocycles. The van der Waals surface area contributed by atoms with Gasteiger partial charge in [-0.25, -0.2) is 9.97 Å². The Balaban J connectivity index is 1.41. The van der Waals surface area contributed by atoms with Gasteiger partial charge >= 0.3 is 11.8 Å². The van der Waals surface area contributed by atoms with Gasteiger partial charge in [-0.2, -0.15) is 5.10 Å². The van der Waals surface area contributed by atoms with Crippen molar-refractivity contribution >= 4 is 17.5 Å². The summed E-state index contributed by atoms with van der Waals surface area (Å²) in [6.07, 6.45) is 4.96. The summed E-state index contributed by atoms with van der Waals surface area (Å²) in [5, 5.41) is 31.1. The van der Waals surface area contributed by atoms with Crippen molar-refractivity contribution in [2.75, 3.05) is 25.0 Å². The Kier molecular flexibility index (Phi) is 7.90. The van der Waals surface area contributed by atoms with Crippen LogP contribution in [0.1, 0.15) is 73.6 Å². The van der Waals surface area contributed by atoms with Crippen molar-refractivity contribution < 1.29 is 14.3 Å². The fourth-order valence-corrected chi connectivity index (χ4v) is 4.75. The van der Waals surface area contributed by atoms with E-state index in [9.17, 15) is 9.90 Å². The summed E-state index contributed by atoms with van der Waals surface area (Å²) < 4.78 is 5.67. The van der Waals surface area contributed by atoms with Crippen LogP contribution in [0.2, 0.25) is 0 Å². The van der Waals surface area contributed by atoms with Crippen molar-refractivity contribution in [1.82, 2.24) is 40.6 Å². The second-order valence-electron chi connectivity index (χ2n) is 10.9. The molecule has 12 heteroatoms. The molecule has 4 N–H and O–H groups in total. The molecule has 1 amide bonds. The molecule has 40 heavy (non-hydrogen) atoms. The van der Waals surface area contributed by atoms with Crippen LogP contribution in [0.5, 0.6) is 0 Å². The van der Waals surface area contributed by atoms with Crippen LogP contribution >= 0.6 is 0 Å². The van der Waals surface area contributed by atoms with E-state index in [1.165, 1.54) is 0 Å². The molecule has 5 rings (SSSR count). The molecule has 0 bridgehead atoms. The van der Waals surface area contributed by atoms with E-state index in [-0.39, 0.29) is 24.0 Å². The lowest BCUT2D eigenvalue weighted by molar-refractivity contribution is 0.0893. The standard InChI is InChI=1S/C28H35N9O3/c1-5-20-23(15-30-34-20)33-27-29-10-8-21(32-27)17-6-7-19-18(14-17)16-37(12-13-38)11-9-22(19)31-24(39)25-35-36-26(40-25)28(2,3)4/h6-8,10,14-15,22,38H,5,9,11-13,16H2,1-4H3,(H,30,34)(H,31,39)(H,29,32,33)/t22-/m1/s1. The van der Waals surface area contributed by atoms with Crippen LogP contribution in [0.25, 0.3) is 11.3 Å². The number of nitrogens with zero attached hydrogens (tertiary/aromatic N) is 6. The van der Waals surface area contributed by atoms with E-state index >= 15 is 0 Å². The number of aromatic amines is 1. The average molecular weight is 546 g/mol. The third-order valence-electron chi connectivity index (χ3n) is 6.88. The number of hydrogen-bond acceptors (Lipinski definition) is 10. The van der Waals surface area contributed by atoms with Gasteiger partial charge in [-0.15, -0.1) is 10.2 Å². The molecule has 0 radical (unpaired) electrons. The van der Waals surface area contributed by atoms with Crippen LogP contribution in [-0.4, -0.2) is 66.0 Å². The summed E-state index contributed by atoms with van der Waals surface area (Å²) in [7, 11) is 0. The number of aryl methyl sites for hydroxylation is 1. The van der Waals surface area contributed by atoms with Gasteiger partial charge in [0.05, 0.1) is 29.7 Å². The Hall–Kier alpha value is -4.16. The van der Waals surface area contributed by atoms with E-state index in [2.05, 4.69) is 47.0 Å². The third kappa shape index (κ3) is 6.02. The molecule has 1 atom stereocenters. The average Bonchev–Trinajstić information content (AvgIpc) is 3.58. The molecular weight excluding hydrogens is 510 g/mol. The molecule has 4 heterocycles. The van der Waals surface area contributed by atoms with E-state index < -0.39 is 5.91 Å². The number of anilines is 2. The van der Waals surface area contributed by atoms with Crippen molar-refractivity contribution in [2.24, 2.45) is 0 Å². The smallest absolute Gasteiger partial charge is 0.309 e. The van der Waals surface area contributed by atoms with E-state index in [1.54, 1.807) is 12.4 Å². The Morgan fingerprint density at radius 1 is 1.25 bits per heavy atom. The maximum absolute atomic E-state index is 13.1. The molecule has 210 valence electrons. The number of amides is 1. The first-order chi connectivity index (χ1) is 19.2. The first-order valence-electron chi connectivity index (χ1n) is 13.5. The minimum Gasteiger partial charge on any atom is -0.416 e. The number of aliphatic hydroxyl groups is 1. The summed E-state index contributed by atoms with van der Waals surface area (Å²) >= 11 is 0. The first-order valence-corrected chi connectivity index (χ1v) is 13.5. The van der Waals surface area contributed by atoms with Gasteiger partial charge in [-0.1, -0.05) is 39.8 Å². The molecule has 1 aliphatic heterocycles. The highest BCUT2D eigenvalue weighted by atomic mass is 16.4. The van der Waals surface area contributed by atoms with Crippen LogP contribution < -0.4 is 10.6 Å². The van der Waals surface area contributed by atoms with Crippen LogP contribution in [0.3, 0.4) is 0 Å². The van der Waals surface area contributed by atoms with Crippen LogP contribution in [0.15, 0.2) is 41.1 Å². The van der Waals surface area contributed by atoms with Gasteiger partial charge in [0, 0.05) is 43.0 Å². The number of aromatic nitrogens is 6. The fraction of sp³-hybridized carbons (Fsp3) is 0.429. The van der Waals surface area contributed by atoms with Crippen molar-refractivity contribution in [3.63, 3.8) is 0 Å². The number of fused-ring (bicyclic) bond motifs is 1. The molecule has 12 nitrogen and oxygen atoms in total. The highest BCUT2D eigenvalue weighted by Crippen LogP contribution is 2.31. The zero-order valence-corrected chi connectivity index (χ0v) is 23.2. The lowest BCUT2D eigenvalue weighted by atomic mass is 9.96. The van der Waals surface area contributed by atoms with E-state index in [0.29, 0.717) is 37.9 Å². The Morgan fingerprint density at radius 2 is 2.10 bits per heavy atom. The highest BCUT2D eigenvalue weighted by Gasteiger charge is 2.28. The van der Waals surface area contributed by atoms with Gasteiger partial charge in [-0.05, 0) is 36.1 Å².